The van der Waals surface area contributed by atoms with Gasteiger partial charge in [0.15, 0.2) is 0 Å². The number of amides is 3. The molecule has 256 valence electrons. The number of benzene rings is 2. The summed E-state index contributed by atoms with van der Waals surface area (Å²) in [7, 11) is 0. The minimum atomic E-state index is -1.44. The molecule has 0 aliphatic heterocycles. The summed E-state index contributed by atoms with van der Waals surface area (Å²) in [6.07, 6.45) is 1.32. The number of fused-ring (bicyclic) bond motifs is 3. The molecule has 0 bridgehead atoms. The molecule has 2 aromatic carbocycles. The number of halogens is 2. The molecule has 14 heteroatoms. The average Bonchev–Trinajstić information content (AvgIpc) is 3.67. The van der Waals surface area contributed by atoms with Crippen molar-refractivity contribution in [1.82, 2.24) is 31.1 Å². The molecule has 2 aromatic heterocycles. The lowest BCUT2D eigenvalue weighted by molar-refractivity contribution is -0.136. The topological polar surface area (TPSA) is 177 Å². The van der Waals surface area contributed by atoms with Crippen LogP contribution in [0, 0.1) is 11.8 Å². The molecule has 5 rings (SSSR count). The molecule has 4 aromatic rings. The van der Waals surface area contributed by atoms with E-state index >= 15 is 0 Å². The number of anilines is 1. The van der Waals surface area contributed by atoms with Gasteiger partial charge in [0.1, 0.15) is 24.2 Å². The van der Waals surface area contributed by atoms with Gasteiger partial charge in [0, 0.05) is 22.5 Å². The Morgan fingerprint density at radius 3 is 2.46 bits per heavy atom. The molecule has 3 amide bonds. The molecule has 0 saturated heterocycles. The second kappa shape index (κ2) is 14.9. The maximum atomic E-state index is 14.6. The van der Waals surface area contributed by atoms with Gasteiger partial charge in [0.05, 0.1) is 10.5 Å². The molecular weight excluding hydrogens is 657 g/mol. The molecule has 2 heterocycles. The second-order valence-electron chi connectivity index (χ2n) is 12.5. The average molecular weight is 699 g/mol. The van der Waals surface area contributed by atoms with Crippen LogP contribution in [-0.4, -0.2) is 44.7 Å². The number of nitrogens with zero attached hydrogens (tertiary/aromatic N) is 2. The fourth-order valence-electron chi connectivity index (χ4n) is 6.07. The SMILES string of the molecule is CC[C@@H](C)C(NC(=O)[C@@]1(NC(=O)C(NC(=O)OCc2ccccc2)[C@@H](C)CC)CCc2[nH]c3c(Cl)cc(Cl)cc3c2C1)c1nnc(N)o1. The summed E-state index contributed by atoms with van der Waals surface area (Å²) >= 11 is 12.9. The minimum absolute atomic E-state index is 0.0412. The molecule has 5 atom stereocenters. The molecule has 1 aliphatic rings. The summed E-state index contributed by atoms with van der Waals surface area (Å²) in [6.45, 7) is 7.74. The monoisotopic (exact) mass is 697 g/mol. The van der Waals surface area contributed by atoms with Crippen LogP contribution in [0.2, 0.25) is 10.0 Å². The highest BCUT2D eigenvalue weighted by molar-refractivity contribution is 6.38. The number of carbonyl (C=O) groups excluding carboxylic acids is 3. The summed E-state index contributed by atoms with van der Waals surface area (Å²) < 4.78 is 11.0. The molecule has 2 unspecified atom stereocenters. The van der Waals surface area contributed by atoms with Crippen LogP contribution in [0.3, 0.4) is 0 Å². The number of alkyl carbamates (subject to hydrolysis) is 1. The van der Waals surface area contributed by atoms with Crippen LogP contribution in [0.15, 0.2) is 46.9 Å². The van der Waals surface area contributed by atoms with Gasteiger partial charge in [-0.1, -0.05) is 99.2 Å². The number of aryl methyl sites for hydroxylation is 1. The van der Waals surface area contributed by atoms with Gasteiger partial charge >= 0.3 is 12.1 Å². The molecule has 12 nitrogen and oxygen atoms in total. The van der Waals surface area contributed by atoms with Gasteiger partial charge in [0.2, 0.25) is 17.7 Å². The first-order chi connectivity index (χ1) is 22.9. The molecule has 0 fully saturated rings. The van der Waals surface area contributed by atoms with E-state index in [4.69, 9.17) is 38.1 Å². The van der Waals surface area contributed by atoms with Crippen molar-refractivity contribution in [2.24, 2.45) is 11.8 Å². The quantitative estimate of drug-likeness (QED) is 0.119. The Balaban J connectivity index is 1.47. The van der Waals surface area contributed by atoms with E-state index in [2.05, 4.69) is 31.1 Å². The second-order valence-corrected chi connectivity index (χ2v) is 13.4. The fraction of sp³-hybridized carbons (Fsp3) is 0.441. The third-order valence-corrected chi connectivity index (χ3v) is 9.82. The van der Waals surface area contributed by atoms with Crippen molar-refractivity contribution >= 4 is 58.0 Å². The van der Waals surface area contributed by atoms with E-state index in [0.717, 1.165) is 22.2 Å². The van der Waals surface area contributed by atoms with Crippen LogP contribution < -0.4 is 21.7 Å². The van der Waals surface area contributed by atoms with Crippen LogP contribution in [0.5, 0.6) is 0 Å². The van der Waals surface area contributed by atoms with Gasteiger partial charge in [0.25, 0.3) is 0 Å². The Morgan fingerprint density at radius 1 is 1.06 bits per heavy atom. The van der Waals surface area contributed by atoms with Crippen LogP contribution >= 0.6 is 23.2 Å². The summed E-state index contributed by atoms with van der Waals surface area (Å²) in [5.74, 6) is -1.19. The van der Waals surface area contributed by atoms with Crippen molar-refractivity contribution in [2.45, 2.75) is 84.0 Å². The molecule has 0 radical (unpaired) electrons. The van der Waals surface area contributed by atoms with Crippen molar-refractivity contribution in [3.8, 4) is 0 Å². The van der Waals surface area contributed by atoms with Gasteiger partial charge in [-0.3, -0.25) is 9.59 Å². The largest absolute Gasteiger partial charge is 0.445 e. The van der Waals surface area contributed by atoms with Crippen LogP contribution in [0.4, 0.5) is 10.8 Å². The predicted octanol–water partition coefficient (Wildman–Crippen LogP) is 6.03. The zero-order valence-electron chi connectivity index (χ0n) is 27.4. The van der Waals surface area contributed by atoms with Crippen molar-refractivity contribution in [1.29, 1.82) is 0 Å². The van der Waals surface area contributed by atoms with Crippen molar-refractivity contribution in [3.63, 3.8) is 0 Å². The summed E-state index contributed by atoms with van der Waals surface area (Å²) in [5.41, 5.74) is 7.52. The van der Waals surface area contributed by atoms with E-state index in [0.29, 0.717) is 34.8 Å². The normalized spacial score (nSPS) is 18.3. The first kappa shape index (κ1) is 35.0. The molecule has 1 aliphatic carbocycles. The van der Waals surface area contributed by atoms with Crippen molar-refractivity contribution in [2.75, 3.05) is 5.73 Å². The molecule has 48 heavy (non-hydrogen) atoms. The molecule has 6 N–H and O–H groups in total. The Kier molecular flexibility index (Phi) is 10.8. The Morgan fingerprint density at radius 2 is 1.79 bits per heavy atom. The highest BCUT2D eigenvalue weighted by atomic mass is 35.5. The summed E-state index contributed by atoms with van der Waals surface area (Å²) in [6, 6.07) is 10.9. The van der Waals surface area contributed by atoms with E-state index in [-0.39, 0.29) is 43.2 Å². The van der Waals surface area contributed by atoms with Crippen molar-refractivity contribution in [3.05, 3.63) is 75.2 Å². The lowest BCUT2D eigenvalue weighted by Crippen LogP contribution is -2.65. The van der Waals surface area contributed by atoms with Gasteiger partial charge in [-0.25, -0.2) is 4.79 Å². The van der Waals surface area contributed by atoms with Crippen molar-refractivity contribution < 1.29 is 23.5 Å². The number of nitrogens with one attached hydrogen (secondary N) is 4. The summed E-state index contributed by atoms with van der Waals surface area (Å²) in [4.78, 5) is 45.2. The highest BCUT2D eigenvalue weighted by Gasteiger charge is 2.47. The van der Waals surface area contributed by atoms with Crippen LogP contribution in [-0.2, 0) is 33.8 Å². The zero-order chi connectivity index (χ0) is 34.6. The third kappa shape index (κ3) is 7.55. The standard InChI is InChI=1S/C34H41Cl2N7O5/c1-5-18(3)26(40-33(46)47-17-20-10-8-7-9-11-20)29(44)41-34(31(45)39-27(19(4)6-2)30-42-43-32(37)48-30)13-12-25-23(16-34)22-14-21(35)15-24(36)28(22)38-25/h7-11,14-15,18-19,26-27,38H,5-6,12-13,16-17H2,1-4H3,(H2,37,43)(H,39,45)(H,40,46)(H,41,44)/t18-,19+,26?,27?,34+/m0/s1. The molecule has 0 spiro atoms. The van der Waals surface area contributed by atoms with E-state index < -0.39 is 35.5 Å². The lowest BCUT2D eigenvalue weighted by atomic mass is 9.78. The summed E-state index contributed by atoms with van der Waals surface area (Å²) in [5, 5.41) is 18.4. The van der Waals surface area contributed by atoms with Gasteiger partial charge in [-0.2, -0.15) is 0 Å². The molecular formula is C34H41Cl2N7O5. The van der Waals surface area contributed by atoms with Gasteiger partial charge in [-0.15, -0.1) is 5.10 Å². The number of rotatable bonds is 12. The number of aromatic nitrogens is 3. The molecule has 0 saturated carbocycles. The highest BCUT2D eigenvalue weighted by Crippen LogP contribution is 2.39. The number of aromatic amines is 1. The maximum Gasteiger partial charge on any atom is 0.408 e. The van der Waals surface area contributed by atoms with Gasteiger partial charge in [-0.05, 0) is 47.9 Å². The maximum absolute atomic E-state index is 14.6. The first-order valence-corrected chi connectivity index (χ1v) is 16.9. The Labute approximate surface area is 288 Å². The third-order valence-electron chi connectivity index (χ3n) is 9.30. The predicted molar refractivity (Wildman–Crippen MR) is 183 cm³/mol. The number of H-pyrrole nitrogens is 1. The number of carbonyl (C=O) groups is 3. The first-order valence-electron chi connectivity index (χ1n) is 16.1. The Hall–Kier alpha value is -4.29. The van der Waals surface area contributed by atoms with E-state index in [1.165, 1.54) is 0 Å². The Bertz CT molecular complexity index is 1780. The van der Waals surface area contributed by atoms with E-state index in [1.807, 2.05) is 58.0 Å². The number of hydrogen-bond donors (Lipinski definition) is 5. The number of nitrogen functional groups attached to an aromatic ring is 1. The number of hydrogen-bond acceptors (Lipinski definition) is 8. The lowest BCUT2D eigenvalue weighted by Gasteiger charge is -2.39. The zero-order valence-corrected chi connectivity index (χ0v) is 28.9. The minimum Gasteiger partial charge on any atom is -0.445 e. The smallest absolute Gasteiger partial charge is 0.408 e. The van der Waals surface area contributed by atoms with Gasteiger partial charge < -0.3 is 35.8 Å². The van der Waals surface area contributed by atoms with E-state index in [9.17, 15) is 14.4 Å². The van der Waals surface area contributed by atoms with E-state index in [1.54, 1.807) is 12.1 Å². The van der Waals surface area contributed by atoms with Crippen LogP contribution in [0.25, 0.3) is 10.9 Å². The fourth-order valence-corrected chi connectivity index (χ4v) is 6.61. The number of nitrogens with two attached hydrogens (primary N) is 1. The van der Waals surface area contributed by atoms with Crippen LogP contribution in [0.1, 0.15) is 75.7 Å². The number of ether oxygens (including phenoxy) is 1.